The summed E-state index contributed by atoms with van der Waals surface area (Å²) in [6.07, 6.45) is 2.52. The van der Waals surface area contributed by atoms with Gasteiger partial charge in [-0.25, -0.2) is 14.4 Å². The third kappa shape index (κ3) is 4.36. The monoisotopic (exact) mass is 436 g/mol. The summed E-state index contributed by atoms with van der Waals surface area (Å²) in [7, 11) is 1.57. The van der Waals surface area contributed by atoms with E-state index < -0.39 is 11.6 Å². The quantitative estimate of drug-likeness (QED) is 0.426. The van der Waals surface area contributed by atoms with E-state index in [0.717, 1.165) is 30.8 Å². The highest BCUT2D eigenvalue weighted by Crippen LogP contribution is 2.36. The Hall–Kier alpha value is -3.26. The average Bonchev–Trinajstić information content (AvgIpc) is 3.20. The molecule has 1 aliphatic rings. The van der Waals surface area contributed by atoms with Crippen molar-refractivity contribution < 1.29 is 9.50 Å². The molecule has 168 valence electrons. The number of nitrogen functional groups attached to an aromatic ring is 1. The van der Waals surface area contributed by atoms with Crippen LogP contribution in [0.25, 0.3) is 22.3 Å². The van der Waals surface area contributed by atoms with Crippen LogP contribution in [0.3, 0.4) is 0 Å². The van der Waals surface area contributed by atoms with Crippen LogP contribution in [0.1, 0.15) is 32.8 Å². The van der Waals surface area contributed by atoms with Gasteiger partial charge >= 0.3 is 0 Å². The molecule has 1 atom stereocenters. The van der Waals surface area contributed by atoms with Gasteiger partial charge < -0.3 is 21.1 Å². The number of phenolic OH excluding ortho intramolecular Hbond substituents is 1. The normalized spacial score (nSPS) is 17.0. The largest absolute Gasteiger partial charge is 0.504 e. The predicted molar refractivity (Wildman–Crippen MR) is 128 cm³/mol. The van der Waals surface area contributed by atoms with Gasteiger partial charge in [0.2, 0.25) is 0 Å². The lowest BCUT2D eigenvalue weighted by molar-refractivity contribution is 0.373. The Labute approximate surface area is 187 Å². The molecule has 0 saturated carbocycles. The highest BCUT2D eigenvalue weighted by molar-refractivity contribution is 5.91. The van der Waals surface area contributed by atoms with Gasteiger partial charge in [-0.1, -0.05) is 0 Å². The van der Waals surface area contributed by atoms with E-state index >= 15 is 0 Å². The van der Waals surface area contributed by atoms with Crippen LogP contribution < -0.4 is 16.0 Å². The van der Waals surface area contributed by atoms with Crippen LogP contribution in [0.15, 0.2) is 35.3 Å². The number of anilines is 2. The van der Waals surface area contributed by atoms with E-state index in [4.69, 9.17) is 10.7 Å². The van der Waals surface area contributed by atoms with Crippen molar-refractivity contribution in [2.45, 2.75) is 38.8 Å². The number of aromatic hydroxyl groups is 1. The van der Waals surface area contributed by atoms with E-state index in [2.05, 4.69) is 41.0 Å². The number of fused-ring (bicyclic) bond motifs is 1. The smallest absolute Gasteiger partial charge is 0.189 e. The molecule has 3 heterocycles. The second-order valence-electron chi connectivity index (χ2n) is 9.21. The van der Waals surface area contributed by atoms with Crippen LogP contribution in [0, 0.1) is 5.82 Å². The molecule has 0 radical (unpaired) electrons. The number of aromatic nitrogens is 2. The van der Waals surface area contributed by atoms with Gasteiger partial charge in [-0.3, -0.25) is 4.99 Å². The van der Waals surface area contributed by atoms with E-state index in [0.29, 0.717) is 22.8 Å². The van der Waals surface area contributed by atoms with Gasteiger partial charge in [0.15, 0.2) is 11.6 Å². The molecule has 1 fully saturated rings. The maximum absolute atomic E-state index is 14.4. The molecule has 1 aliphatic heterocycles. The molecule has 8 heteroatoms. The number of aliphatic imine (C=N–C) groups is 1. The zero-order valence-electron chi connectivity index (χ0n) is 18.9. The lowest BCUT2D eigenvalue weighted by atomic mass is 10.0. The number of hydrogen-bond donors (Lipinski definition) is 3. The van der Waals surface area contributed by atoms with Gasteiger partial charge in [-0.05, 0) is 57.5 Å². The van der Waals surface area contributed by atoms with Gasteiger partial charge in [0.05, 0.1) is 22.4 Å². The molecular formula is C24H29FN6O. The SMILES string of the molecule is CN=Cc1cc(-c2ccc3nc(N4CCC(NC(C)(C)C)C4)ccc3n2)c(O)c(F)c1N. The first-order valence-corrected chi connectivity index (χ1v) is 10.7. The first kappa shape index (κ1) is 22.0. The molecule has 0 spiro atoms. The summed E-state index contributed by atoms with van der Waals surface area (Å²) in [5.41, 5.74) is 8.18. The van der Waals surface area contributed by atoms with Crippen molar-refractivity contribution in [3.8, 4) is 17.0 Å². The zero-order valence-corrected chi connectivity index (χ0v) is 18.9. The Kier molecular flexibility index (Phi) is 5.73. The lowest BCUT2D eigenvalue weighted by Gasteiger charge is -2.26. The zero-order chi connectivity index (χ0) is 23.0. The van der Waals surface area contributed by atoms with E-state index in [1.54, 1.807) is 19.2 Å². The van der Waals surface area contributed by atoms with Crippen LogP contribution >= 0.6 is 0 Å². The van der Waals surface area contributed by atoms with Crippen LogP contribution in [-0.2, 0) is 0 Å². The van der Waals surface area contributed by atoms with Crippen molar-refractivity contribution in [2.24, 2.45) is 4.99 Å². The maximum atomic E-state index is 14.4. The number of nitrogens with one attached hydrogen (secondary N) is 1. The molecule has 0 aliphatic carbocycles. The Morgan fingerprint density at radius 2 is 1.94 bits per heavy atom. The number of nitrogens with two attached hydrogens (primary N) is 1. The highest BCUT2D eigenvalue weighted by Gasteiger charge is 2.26. The molecule has 2 aromatic heterocycles. The number of pyridine rings is 2. The molecule has 1 unspecified atom stereocenters. The Morgan fingerprint density at radius 1 is 1.22 bits per heavy atom. The minimum Gasteiger partial charge on any atom is -0.504 e. The van der Waals surface area contributed by atoms with Gasteiger partial charge in [0, 0.05) is 49.1 Å². The molecule has 0 amide bonds. The number of benzene rings is 1. The summed E-state index contributed by atoms with van der Waals surface area (Å²) >= 11 is 0. The first-order valence-electron chi connectivity index (χ1n) is 10.7. The van der Waals surface area contributed by atoms with Crippen molar-refractivity contribution in [2.75, 3.05) is 30.8 Å². The number of phenols is 1. The van der Waals surface area contributed by atoms with Crippen molar-refractivity contribution in [1.82, 2.24) is 15.3 Å². The summed E-state index contributed by atoms with van der Waals surface area (Å²) in [5.74, 6) is -0.491. The summed E-state index contributed by atoms with van der Waals surface area (Å²) in [5, 5.41) is 14.0. The average molecular weight is 437 g/mol. The molecule has 4 N–H and O–H groups in total. The van der Waals surface area contributed by atoms with Gasteiger partial charge in [0.1, 0.15) is 5.82 Å². The Morgan fingerprint density at radius 3 is 2.66 bits per heavy atom. The summed E-state index contributed by atoms with van der Waals surface area (Å²) in [6, 6.07) is 9.44. The van der Waals surface area contributed by atoms with Crippen LogP contribution in [0.2, 0.25) is 0 Å². The van der Waals surface area contributed by atoms with Crippen molar-refractivity contribution >= 4 is 28.8 Å². The van der Waals surface area contributed by atoms with E-state index in [1.807, 2.05) is 18.2 Å². The van der Waals surface area contributed by atoms with E-state index in [-0.39, 0.29) is 16.8 Å². The molecule has 1 saturated heterocycles. The number of nitrogens with zero attached hydrogens (tertiary/aromatic N) is 4. The minimum atomic E-state index is -0.875. The van der Waals surface area contributed by atoms with E-state index in [1.165, 1.54) is 6.21 Å². The molecule has 32 heavy (non-hydrogen) atoms. The first-order chi connectivity index (χ1) is 15.2. The minimum absolute atomic E-state index is 0.0772. The van der Waals surface area contributed by atoms with Crippen molar-refractivity contribution in [3.05, 3.63) is 41.7 Å². The third-order valence-corrected chi connectivity index (χ3v) is 5.53. The van der Waals surface area contributed by atoms with E-state index in [9.17, 15) is 9.50 Å². The summed E-state index contributed by atoms with van der Waals surface area (Å²) in [6.45, 7) is 8.38. The fourth-order valence-electron chi connectivity index (χ4n) is 4.14. The summed E-state index contributed by atoms with van der Waals surface area (Å²) in [4.78, 5) is 15.6. The predicted octanol–water partition coefficient (Wildman–Crippen LogP) is 3.74. The fraction of sp³-hybridized carbons (Fsp3) is 0.375. The molecule has 7 nitrogen and oxygen atoms in total. The van der Waals surface area contributed by atoms with Crippen molar-refractivity contribution in [1.29, 1.82) is 0 Å². The Bertz CT molecular complexity index is 1190. The number of rotatable bonds is 4. The molecular weight excluding hydrogens is 407 g/mol. The second-order valence-corrected chi connectivity index (χ2v) is 9.21. The topological polar surface area (TPSA) is 99.7 Å². The van der Waals surface area contributed by atoms with Gasteiger partial charge in [-0.2, -0.15) is 0 Å². The third-order valence-electron chi connectivity index (χ3n) is 5.53. The maximum Gasteiger partial charge on any atom is 0.189 e. The van der Waals surface area contributed by atoms with Crippen LogP contribution in [-0.4, -0.2) is 53.0 Å². The highest BCUT2D eigenvalue weighted by atomic mass is 19.1. The van der Waals surface area contributed by atoms with Gasteiger partial charge in [0.25, 0.3) is 0 Å². The molecule has 1 aromatic carbocycles. The van der Waals surface area contributed by atoms with Gasteiger partial charge in [-0.15, -0.1) is 0 Å². The lowest BCUT2D eigenvalue weighted by Crippen LogP contribution is -2.44. The molecule has 0 bridgehead atoms. The number of hydrogen-bond acceptors (Lipinski definition) is 7. The van der Waals surface area contributed by atoms with Crippen molar-refractivity contribution in [3.63, 3.8) is 0 Å². The summed E-state index contributed by atoms with van der Waals surface area (Å²) < 4.78 is 14.4. The Balaban J connectivity index is 1.63. The standard InChI is InChI=1S/C24H29FN6O/c1-24(2,3)30-15-9-10-31(13-15)20-8-7-18-19(29-20)6-5-17(28-18)16-11-14(12-27-4)22(26)21(25)23(16)32/h5-8,11-12,15,30,32H,9-10,13,26H2,1-4H3. The molecule has 4 rings (SSSR count). The number of halogens is 1. The second kappa shape index (κ2) is 8.35. The van der Waals surface area contributed by atoms with Crippen LogP contribution in [0.4, 0.5) is 15.9 Å². The molecule has 3 aromatic rings. The van der Waals surface area contributed by atoms with Crippen LogP contribution in [0.5, 0.6) is 5.75 Å². The fourth-order valence-corrected chi connectivity index (χ4v) is 4.14.